The second-order valence-corrected chi connectivity index (χ2v) is 8.13. The van der Waals surface area contributed by atoms with E-state index in [4.69, 9.17) is 14.2 Å². The molecule has 0 aliphatic carbocycles. The third kappa shape index (κ3) is 6.03. The van der Waals surface area contributed by atoms with Crippen LogP contribution in [-0.4, -0.2) is 93.7 Å². The van der Waals surface area contributed by atoms with Crippen LogP contribution in [0.4, 0.5) is 0 Å². The van der Waals surface area contributed by atoms with Crippen LogP contribution < -0.4 is 14.2 Å². The Morgan fingerprint density at radius 3 is 1.90 bits per heavy atom. The Labute approximate surface area is 185 Å². The molecule has 1 aromatic rings. The Morgan fingerprint density at radius 2 is 1.35 bits per heavy atom. The minimum atomic E-state index is 0.135. The van der Waals surface area contributed by atoms with Crippen LogP contribution in [-0.2, 0) is 16.0 Å². The molecular formula is C23H35N3O5. The second-order valence-electron chi connectivity index (χ2n) is 8.13. The molecule has 2 saturated heterocycles. The number of methoxy groups -OCH3 is 3. The summed E-state index contributed by atoms with van der Waals surface area (Å²) in [5.41, 5.74) is 0.966. The molecule has 0 spiro atoms. The highest BCUT2D eigenvalue weighted by Gasteiger charge is 2.25. The van der Waals surface area contributed by atoms with E-state index in [0.29, 0.717) is 49.7 Å². The number of nitrogens with zero attached hydrogens (tertiary/aromatic N) is 3. The van der Waals surface area contributed by atoms with E-state index >= 15 is 0 Å². The lowest BCUT2D eigenvalue weighted by Crippen LogP contribution is -2.52. The van der Waals surface area contributed by atoms with Gasteiger partial charge in [0.05, 0.1) is 27.9 Å². The van der Waals surface area contributed by atoms with Crippen molar-refractivity contribution in [2.45, 2.75) is 32.1 Å². The van der Waals surface area contributed by atoms with Gasteiger partial charge >= 0.3 is 0 Å². The summed E-state index contributed by atoms with van der Waals surface area (Å²) in [5.74, 6) is 2.10. The van der Waals surface area contributed by atoms with Crippen LogP contribution >= 0.6 is 0 Å². The molecule has 0 unspecified atom stereocenters. The maximum atomic E-state index is 12.7. The lowest BCUT2D eigenvalue weighted by atomic mass is 10.1. The molecule has 8 heteroatoms. The summed E-state index contributed by atoms with van der Waals surface area (Å²) in [6.07, 6.45) is 4.47. The molecule has 2 aliphatic rings. The van der Waals surface area contributed by atoms with Crippen molar-refractivity contribution in [3.05, 3.63) is 17.7 Å². The molecule has 2 aliphatic heterocycles. The van der Waals surface area contributed by atoms with E-state index in [1.807, 2.05) is 21.9 Å². The summed E-state index contributed by atoms with van der Waals surface area (Å²) in [7, 11) is 4.74. The van der Waals surface area contributed by atoms with Crippen molar-refractivity contribution in [1.29, 1.82) is 0 Å². The van der Waals surface area contributed by atoms with Gasteiger partial charge in [-0.25, -0.2) is 0 Å². The molecule has 1 aromatic carbocycles. The number of likely N-dealkylation sites (tertiary alicyclic amines) is 1. The van der Waals surface area contributed by atoms with Gasteiger partial charge in [0, 0.05) is 45.7 Å². The van der Waals surface area contributed by atoms with Crippen LogP contribution in [0.2, 0.25) is 0 Å². The minimum absolute atomic E-state index is 0.135. The third-order valence-electron chi connectivity index (χ3n) is 6.14. The molecule has 0 radical (unpaired) electrons. The number of ether oxygens (including phenoxy) is 3. The first-order valence-electron chi connectivity index (χ1n) is 11.1. The smallest absolute Gasteiger partial charge is 0.236 e. The number of piperidine rings is 1. The largest absolute Gasteiger partial charge is 0.493 e. The van der Waals surface area contributed by atoms with E-state index in [1.165, 1.54) is 6.42 Å². The number of aryl methyl sites for hydroxylation is 1. The molecule has 2 fully saturated rings. The Balaban J connectivity index is 1.46. The zero-order valence-corrected chi connectivity index (χ0v) is 19.0. The molecule has 31 heavy (non-hydrogen) atoms. The number of rotatable bonds is 8. The van der Waals surface area contributed by atoms with E-state index in [9.17, 15) is 9.59 Å². The topological polar surface area (TPSA) is 71.6 Å². The van der Waals surface area contributed by atoms with Gasteiger partial charge in [-0.05, 0) is 43.4 Å². The molecule has 0 saturated carbocycles. The lowest BCUT2D eigenvalue weighted by molar-refractivity contribution is -0.135. The fraction of sp³-hybridized carbons (Fsp3) is 0.652. The van der Waals surface area contributed by atoms with Gasteiger partial charge in [-0.3, -0.25) is 14.5 Å². The molecule has 172 valence electrons. The van der Waals surface area contributed by atoms with Gasteiger partial charge in [-0.15, -0.1) is 0 Å². The van der Waals surface area contributed by atoms with Crippen molar-refractivity contribution < 1.29 is 23.8 Å². The zero-order valence-electron chi connectivity index (χ0n) is 19.0. The summed E-state index contributed by atoms with van der Waals surface area (Å²) >= 11 is 0. The number of carbonyl (C=O) groups is 2. The van der Waals surface area contributed by atoms with Crippen molar-refractivity contribution in [2.24, 2.45) is 0 Å². The maximum absolute atomic E-state index is 12.7. The number of carbonyl (C=O) groups excluding carboxylic acids is 2. The molecule has 0 atom stereocenters. The molecule has 2 heterocycles. The standard InChI is InChI=1S/C23H35N3O5/c1-29-19-15-18(16-20(30-2)23(19)31-3)7-8-21(27)26-13-11-24(12-14-26)17-22(28)25-9-5-4-6-10-25/h15-16H,4-14,17H2,1-3H3. The number of amides is 2. The summed E-state index contributed by atoms with van der Waals surface area (Å²) in [4.78, 5) is 31.2. The van der Waals surface area contributed by atoms with Gasteiger partial charge in [-0.2, -0.15) is 0 Å². The molecule has 3 rings (SSSR count). The quantitative estimate of drug-likeness (QED) is 0.623. The molecule has 2 amide bonds. The van der Waals surface area contributed by atoms with Crippen LogP contribution in [0.25, 0.3) is 0 Å². The summed E-state index contributed by atoms with van der Waals surface area (Å²) < 4.78 is 16.1. The number of benzene rings is 1. The van der Waals surface area contributed by atoms with Gasteiger partial charge in [0.2, 0.25) is 17.6 Å². The van der Waals surface area contributed by atoms with Gasteiger partial charge in [0.1, 0.15) is 0 Å². The highest BCUT2D eigenvalue weighted by Crippen LogP contribution is 2.38. The highest BCUT2D eigenvalue weighted by molar-refractivity contribution is 5.79. The Hall–Kier alpha value is -2.48. The summed E-state index contributed by atoms with van der Waals surface area (Å²) in [6.45, 7) is 5.07. The molecular weight excluding hydrogens is 398 g/mol. The Bertz CT molecular complexity index is 731. The van der Waals surface area contributed by atoms with Gasteiger partial charge < -0.3 is 24.0 Å². The predicted molar refractivity (Wildman–Crippen MR) is 118 cm³/mol. The number of piperazine rings is 1. The van der Waals surface area contributed by atoms with Crippen LogP contribution in [0.5, 0.6) is 17.2 Å². The monoisotopic (exact) mass is 433 g/mol. The van der Waals surface area contributed by atoms with Crippen molar-refractivity contribution in [2.75, 3.05) is 67.1 Å². The Kier molecular flexibility index (Phi) is 8.40. The third-order valence-corrected chi connectivity index (χ3v) is 6.14. The van der Waals surface area contributed by atoms with Crippen LogP contribution in [0, 0.1) is 0 Å². The summed E-state index contributed by atoms with van der Waals surface area (Å²) in [5, 5.41) is 0. The fourth-order valence-corrected chi connectivity index (χ4v) is 4.28. The normalized spacial score (nSPS) is 17.4. The highest BCUT2D eigenvalue weighted by atomic mass is 16.5. The summed E-state index contributed by atoms with van der Waals surface area (Å²) in [6, 6.07) is 3.78. The first-order valence-corrected chi connectivity index (χ1v) is 11.1. The first-order chi connectivity index (χ1) is 15.0. The van der Waals surface area contributed by atoms with Crippen LogP contribution in [0.15, 0.2) is 12.1 Å². The predicted octanol–water partition coefficient (Wildman–Crippen LogP) is 1.80. The number of hydrogen-bond donors (Lipinski definition) is 0. The van der Waals surface area contributed by atoms with E-state index < -0.39 is 0 Å². The fourth-order valence-electron chi connectivity index (χ4n) is 4.28. The molecule has 0 bridgehead atoms. The molecule has 0 aromatic heterocycles. The SMILES string of the molecule is COc1cc(CCC(=O)N2CCN(CC(=O)N3CCCCC3)CC2)cc(OC)c1OC. The van der Waals surface area contributed by atoms with Crippen molar-refractivity contribution in [1.82, 2.24) is 14.7 Å². The second kappa shape index (κ2) is 11.2. The van der Waals surface area contributed by atoms with E-state index in [1.54, 1.807) is 21.3 Å². The number of hydrogen-bond acceptors (Lipinski definition) is 6. The average Bonchev–Trinajstić information content (AvgIpc) is 2.82. The van der Waals surface area contributed by atoms with E-state index in [-0.39, 0.29) is 11.8 Å². The average molecular weight is 434 g/mol. The zero-order chi connectivity index (χ0) is 22.2. The molecule has 8 nitrogen and oxygen atoms in total. The van der Waals surface area contributed by atoms with Gasteiger partial charge in [-0.1, -0.05) is 0 Å². The van der Waals surface area contributed by atoms with E-state index in [2.05, 4.69) is 4.90 Å². The van der Waals surface area contributed by atoms with Crippen molar-refractivity contribution in [3.8, 4) is 17.2 Å². The van der Waals surface area contributed by atoms with Crippen LogP contribution in [0.1, 0.15) is 31.2 Å². The lowest BCUT2D eigenvalue weighted by Gasteiger charge is -2.36. The Morgan fingerprint density at radius 1 is 0.774 bits per heavy atom. The van der Waals surface area contributed by atoms with Gasteiger partial charge in [0.25, 0.3) is 0 Å². The first kappa shape index (κ1) is 23.2. The minimum Gasteiger partial charge on any atom is -0.493 e. The van der Waals surface area contributed by atoms with Crippen molar-refractivity contribution in [3.63, 3.8) is 0 Å². The molecule has 0 N–H and O–H groups in total. The van der Waals surface area contributed by atoms with E-state index in [0.717, 1.165) is 44.6 Å². The van der Waals surface area contributed by atoms with Crippen LogP contribution in [0.3, 0.4) is 0 Å². The maximum Gasteiger partial charge on any atom is 0.236 e. The van der Waals surface area contributed by atoms with Gasteiger partial charge in [0.15, 0.2) is 11.5 Å². The van der Waals surface area contributed by atoms with Crippen molar-refractivity contribution >= 4 is 11.8 Å².